The first-order valence-corrected chi connectivity index (χ1v) is 6.29. The second-order valence-corrected chi connectivity index (χ2v) is 4.79. The minimum Gasteiger partial charge on any atom is -0.372 e. The Morgan fingerprint density at radius 3 is 2.60 bits per heavy atom. The van der Waals surface area contributed by atoms with Gasteiger partial charge < -0.3 is 4.74 Å². The molecule has 20 heavy (non-hydrogen) atoms. The number of nitrogens with two attached hydrogens (primary N) is 1. The summed E-state index contributed by atoms with van der Waals surface area (Å²) in [5.74, 6) is 4.32. The summed E-state index contributed by atoms with van der Waals surface area (Å²) in [6, 6.07) is 8.72. The van der Waals surface area contributed by atoms with Gasteiger partial charge in [0.2, 0.25) is 0 Å². The maximum atomic E-state index is 13.9. The number of hydrogen-bond acceptors (Lipinski definition) is 3. The molecular weight excluding hydrogens is 262 g/mol. The topological polar surface area (TPSA) is 47.3 Å². The molecule has 0 radical (unpaired) electrons. The summed E-state index contributed by atoms with van der Waals surface area (Å²) >= 11 is 0. The molecule has 1 atom stereocenters. The van der Waals surface area contributed by atoms with Crippen molar-refractivity contribution in [1.29, 1.82) is 0 Å². The van der Waals surface area contributed by atoms with E-state index < -0.39 is 17.7 Å². The quantitative estimate of drug-likeness (QED) is 0.669. The Kier molecular flexibility index (Phi) is 3.48. The predicted molar refractivity (Wildman–Crippen MR) is 70.5 cm³/mol. The molecule has 1 aliphatic heterocycles. The van der Waals surface area contributed by atoms with E-state index in [9.17, 15) is 8.78 Å². The molecule has 0 spiro atoms. The van der Waals surface area contributed by atoms with Crippen molar-refractivity contribution in [2.45, 2.75) is 19.3 Å². The lowest BCUT2D eigenvalue weighted by atomic mass is 9.96. The molecule has 0 saturated heterocycles. The average Bonchev–Trinajstić information content (AvgIpc) is 2.89. The Hall–Kier alpha value is -1.82. The van der Waals surface area contributed by atoms with E-state index in [0.29, 0.717) is 18.8 Å². The maximum absolute atomic E-state index is 13.9. The van der Waals surface area contributed by atoms with Crippen LogP contribution < -0.4 is 11.3 Å². The fraction of sp³-hybridized carbons (Fsp3) is 0.200. The third-order valence-electron chi connectivity index (χ3n) is 3.52. The van der Waals surface area contributed by atoms with Crippen molar-refractivity contribution in [3.05, 3.63) is 70.3 Å². The number of nitrogens with one attached hydrogen (secondary N) is 1. The number of rotatable bonds is 3. The van der Waals surface area contributed by atoms with Crippen LogP contribution in [-0.4, -0.2) is 0 Å². The molecule has 0 saturated carbocycles. The van der Waals surface area contributed by atoms with Crippen LogP contribution in [0.25, 0.3) is 0 Å². The van der Waals surface area contributed by atoms with Gasteiger partial charge in [0.1, 0.15) is 11.6 Å². The molecular formula is C15H14F2N2O. The van der Waals surface area contributed by atoms with Gasteiger partial charge in [0.05, 0.1) is 19.3 Å². The van der Waals surface area contributed by atoms with Crippen LogP contribution in [-0.2, 0) is 18.0 Å². The summed E-state index contributed by atoms with van der Waals surface area (Å²) < 4.78 is 32.2. The zero-order valence-electron chi connectivity index (χ0n) is 10.7. The van der Waals surface area contributed by atoms with Crippen LogP contribution in [0.5, 0.6) is 0 Å². The van der Waals surface area contributed by atoms with Gasteiger partial charge in [0.25, 0.3) is 0 Å². The third-order valence-corrected chi connectivity index (χ3v) is 3.52. The van der Waals surface area contributed by atoms with E-state index in [1.165, 1.54) is 12.1 Å². The normalized spacial score (nSPS) is 15.2. The van der Waals surface area contributed by atoms with Gasteiger partial charge in [-0.15, -0.1) is 0 Å². The monoisotopic (exact) mass is 276 g/mol. The fourth-order valence-corrected chi connectivity index (χ4v) is 2.47. The number of ether oxygens (including phenoxy) is 1. The second kappa shape index (κ2) is 5.28. The number of hydrazine groups is 1. The van der Waals surface area contributed by atoms with E-state index in [-0.39, 0.29) is 0 Å². The Morgan fingerprint density at radius 2 is 1.85 bits per heavy atom. The summed E-state index contributed by atoms with van der Waals surface area (Å²) in [6.45, 7) is 1.15. The minimum absolute atomic E-state index is 0.313. The fourth-order valence-electron chi connectivity index (χ4n) is 2.47. The molecule has 3 nitrogen and oxygen atoms in total. The Morgan fingerprint density at radius 1 is 1.05 bits per heavy atom. The first kappa shape index (κ1) is 13.2. The van der Waals surface area contributed by atoms with Crippen molar-refractivity contribution < 1.29 is 13.5 Å². The predicted octanol–water partition coefficient (Wildman–Crippen LogP) is 2.55. The Labute approximate surface area is 115 Å². The van der Waals surface area contributed by atoms with Gasteiger partial charge in [-0.2, -0.15) is 0 Å². The van der Waals surface area contributed by atoms with Crippen molar-refractivity contribution in [2.75, 3.05) is 0 Å². The van der Waals surface area contributed by atoms with Gasteiger partial charge in [0, 0.05) is 11.6 Å². The van der Waals surface area contributed by atoms with Crippen molar-refractivity contribution in [2.24, 2.45) is 5.84 Å². The van der Waals surface area contributed by atoms with Crippen molar-refractivity contribution in [3.8, 4) is 0 Å². The van der Waals surface area contributed by atoms with Gasteiger partial charge in [-0.3, -0.25) is 5.84 Å². The highest BCUT2D eigenvalue weighted by atomic mass is 19.1. The molecule has 0 bridgehead atoms. The molecule has 3 rings (SSSR count). The van der Waals surface area contributed by atoms with E-state index in [0.717, 1.165) is 22.8 Å². The molecule has 0 amide bonds. The van der Waals surface area contributed by atoms with E-state index in [1.54, 1.807) is 0 Å². The van der Waals surface area contributed by atoms with Gasteiger partial charge in [-0.1, -0.05) is 24.3 Å². The molecule has 0 aliphatic carbocycles. The summed E-state index contributed by atoms with van der Waals surface area (Å²) in [7, 11) is 0. The first-order valence-electron chi connectivity index (χ1n) is 6.29. The minimum atomic E-state index is -0.621. The molecule has 2 aromatic rings. The zero-order valence-corrected chi connectivity index (χ0v) is 10.7. The van der Waals surface area contributed by atoms with E-state index in [1.807, 2.05) is 18.2 Å². The van der Waals surface area contributed by atoms with Crippen molar-refractivity contribution in [3.63, 3.8) is 0 Å². The Balaban J connectivity index is 2.01. The number of fused-ring (bicyclic) bond motifs is 1. The smallest absolute Gasteiger partial charge is 0.131 e. The zero-order chi connectivity index (χ0) is 14.1. The van der Waals surface area contributed by atoms with Crippen LogP contribution in [0, 0.1) is 11.6 Å². The molecule has 2 aromatic carbocycles. The Bertz CT molecular complexity index is 646. The molecule has 104 valence electrons. The maximum Gasteiger partial charge on any atom is 0.131 e. The SMILES string of the molecule is NNC(c1ccc2c(c1)COC2)c1ccc(F)cc1F. The van der Waals surface area contributed by atoms with Gasteiger partial charge in [-0.25, -0.2) is 14.2 Å². The lowest BCUT2D eigenvalue weighted by Crippen LogP contribution is -2.29. The number of hydrogen-bond donors (Lipinski definition) is 2. The molecule has 0 aromatic heterocycles. The van der Waals surface area contributed by atoms with Gasteiger partial charge >= 0.3 is 0 Å². The van der Waals surface area contributed by atoms with Crippen LogP contribution in [0.2, 0.25) is 0 Å². The summed E-state index contributed by atoms with van der Waals surface area (Å²) in [5.41, 5.74) is 5.92. The van der Waals surface area contributed by atoms with Crippen molar-refractivity contribution >= 4 is 0 Å². The average molecular weight is 276 g/mol. The lowest BCUT2D eigenvalue weighted by molar-refractivity contribution is 0.134. The molecule has 1 aliphatic rings. The number of halogens is 2. The van der Waals surface area contributed by atoms with Crippen LogP contribution in [0.15, 0.2) is 36.4 Å². The third kappa shape index (κ3) is 2.31. The van der Waals surface area contributed by atoms with E-state index >= 15 is 0 Å². The van der Waals surface area contributed by atoms with E-state index in [2.05, 4.69) is 5.43 Å². The highest BCUT2D eigenvalue weighted by molar-refractivity contribution is 5.39. The second-order valence-electron chi connectivity index (χ2n) is 4.79. The summed E-state index contributed by atoms with van der Waals surface area (Å²) in [4.78, 5) is 0. The van der Waals surface area contributed by atoms with Crippen LogP contribution in [0.1, 0.15) is 28.3 Å². The lowest BCUT2D eigenvalue weighted by Gasteiger charge is -2.18. The highest BCUT2D eigenvalue weighted by Crippen LogP contribution is 2.28. The molecule has 3 N–H and O–H groups in total. The standard InChI is InChI=1S/C15H14F2N2O/c16-12-3-4-13(14(17)6-12)15(19-18)9-1-2-10-7-20-8-11(10)5-9/h1-6,15,19H,7-8,18H2. The first-order chi connectivity index (χ1) is 9.69. The van der Waals surface area contributed by atoms with Crippen LogP contribution in [0.4, 0.5) is 8.78 Å². The van der Waals surface area contributed by atoms with Crippen LogP contribution in [0.3, 0.4) is 0 Å². The highest BCUT2D eigenvalue weighted by Gasteiger charge is 2.19. The largest absolute Gasteiger partial charge is 0.372 e. The molecule has 0 fully saturated rings. The molecule has 1 heterocycles. The molecule has 5 heteroatoms. The van der Waals surface area contributed by atoms with Crippen LogP contribution >= 0.6 is 0 Å². The van der Waals surface area contributed by atoms with Gasteiger partial charge in [0.15, 0.2) is 0 Å². The van der Waals surface area contributed by atoms with E-state index in [4.69, 9.17) is 10.6 Å². The summed E-state index contributed by atoms with van der Waals surface area (Å²) in [6.07, 6.45) is 0. The van der Waals surface area contributed by atoms with Gasteiger partial charge in [-0.05, 0) is 22.8 Å². The summed E-state index contributed by atoms with van der Waals surface area (Å²) in [5, 5.41) is 0. The van der Waals surface area contributed by atoms with Crippen molar-refractivity contribution in [1.82, 2.24) is 5.43 Å². The number of benzene rings is 2. The molecule has 1 unspecified atom stereocenters.